The lowest BCUT2D eigenvalue weighted by Gasteiger charge is -2.07. The Labute approximate surface area is 125 Å². The van der Waals surface area contributed by atoms with E-state index in [1.165, 1.54) is 22.8 Å². The Bertz CT molecular complexity index is 947. The van der Waals surface area contributed by atoms with Crippen LogP contribution in [0.1, 0.15) is 10.4 Å². The van der Waals surface area contributed by atoms with Crippen molar-refractivity contribution in [2.45, 2.75) is 5.03 Å². The van der Waals surface area contributed by atoms with E-state index in [-0.39, 0.29) is 10.6 Å². The Kier molecular flexibility index (Phi) is 3.33. The fourth-order valence-electron chi connectivity index (χ4n) is 1.85. The van der Waals surface area contributed by atoms with Gasteiger partial charge in [-0.25, -0.2) is 18.4 Å². The molecule has 0 atom stereocenters. The first-order chi connectivity index (χ1) is 10.4. The molecule has 0 spiro atoms. The summed E-state index contributed by atoms with van der Waals surface area (Å²) in [6, 6.07) is 6.01. The third kappa shape index (κ3) is 2.66. The summed E-state index contributed by atoms with van der Waals surface area (Å²) in [4.78, 5) is 20.1. The first-order valence-electron chi connectivity index (χ1n) is 6.21. The second kappa shape index (κ2) is 5.19. The second-order valence-corrected chi connectivity index (χ2v) is 6.51. The topological polar surface area (TPSA) is 106 Å². The molecule has 0 aliphatic carbocycles. The van der Waals surface area contributed by atoms with Gasteiger partial charge in [-0.2, -0.15) is 9.61 Å². The molecule has 0 fully saturated rings. The third-order valence-electron chi connectivity index (χ3n) is 2.91. The molecule has 8 nitrogen and oxygen atoms in total. The summed E-state index contributed by atoms with van der Waals surface area (Å²) in [7, 11) is -3.39. The van der Waals surface area contributed by atoms with Crippen molar-refractivity contribution in [3.05, 3.63) is 48.4 Å². The van der Waals surface area contributed by atoms with Crippen LogP contribution >= 0.6 is 0 Å². The quantitative estimate of drug-likeness (QED) is 0.765. The Morgan fingerprint density at radius 1 is 1.14 bits per heavy atom. The molecule has 3 aromatic rings. The summed E-state index contributed by atoms with van der Waals surface area (Å²) in [5.41, 5.74) is 0.841. The van der Waals surface area contributed by atoms with Crippen LogP contribution in [0.5, 0.6) is 0 Å². The summed E-state index contributed by atoms with van der Waals surface area (Å²) < 4.78 is 24.2. The predicted octanol–water partition coefficient (Wildman–Crippen LogP) is 0.780. The van der Waals surface area contributed by atoms with Gasteiger partial charge in [0.05, 0.1) is 11.8 Å². The van der Waals surface area contributed by atoms with Crippen LogP contribution in [-0.2, 0) is 9.84 Å². The highest BCUT2D eigenvalue weighted by atomic mass is 32.2. The number of amides is 1. The van der Waals surface area contributed by atoms with Gasteiger partial charge < -0.3 is 5.32 Å². The molecule has 0 aliphatic rings. The van der Waals surface area contributed by atoms with Crippen LogP contribution in [0.3, 0.4) is 0 Å². The zero-order chi connectivity index (χ0) is 15.7. The average molecular weight is 317 g/mol. The fourth-order valence-corrected chi connectivity index (χ4v) is 2.41. The third-order valence-corrected chi connectivity index (χ3v) is 3.91. The van der Waals surface area contributed by atoms with Crippen LogP contribution in [0.2, 0.25) is 0 Å². The van der Waals surface area contributed by atoms with Gasteiger partial charge in [-0.15, -0.1) is 0 Å². The predicted molar refractivity (Wildman–Crippen MR) is 78.3 cm³/mol. The van der Waals surface area contributed by atoms with Gasteiger partial charge in [0.25, 0.3) is 5.91 Å². The molecule has 0 bridgehead atoms. The molecule has 112 valence electrons. The number of pyridine rings is 1. The minimum atomic E-state index is -3.39. The molecule has 0 radical (unpaired) electrons. The molecule has 3 rings (SSSR count). The van der Waals surface area contributed by atoms with Crippen molar-refractivity contribution < 1.29 is 13.2 Å². The molecular weight excluding hydrogens is 306 g/mol. The number of fused-ring (bicyclic) bond motifs is 1. The smallest absolute Gasteiger partial charge is 0.258 e. The van der Waals surface area contributed by atoms with Gasteiger partial charge in [0.2, 0.25) is 0 Å². The molecule has 22 heavy (non-hydrogen) atoms. The molecule has 0 unspecified atom stereocenters. The number of sulfone groups is 1. The van der Waals surface area contributed by atoms with Crippen molar-refractivity contribution in [2.24, 2.45) is 0 Å². The van der Waals surface area contributed by atoms with Crippen LogP contribution < -0.4 is 5.32 Å². The average Bonchev–Trinajstić information content (AvgIpc) is 2.96. The standard InChI is InChI=1S/C13H11N5O3S/c1-22(20,21)12-3-2-9(8-15-12)13(19)17-11-4-6-14-10-5-7-16-18(10)11/h2-8H,1H3,(H,17,19). The summed E-state index contributed by atoms with van der Waals surface area (Å²) in [6.45, 7) is 0. The van der Waals surface area contributed by atoms with Gasteiger partial charge in [-0.3, -0.25) is 4.79 Å². The van der Waals surface area contributed by atoms with E-state index in [4.69, 9.17) is 0 Å². The highest BCUT2D eigenvalue weighted by Crippen LogP contribution is 2.11. The number of rotatable bonds is 3. The Morgan fingerprint density at radius 3 is 2.64 bits per heavy atom. The number of nitrogens with zero attached hydrogens (tertiary/aromatic N) is 4. The number of nitrogens with one attached hydrogen (secondary N) is 1. The molecule has 3 heterocycles. The Balaban J connectivity index is 1.87. The van der Waals surface area contributed by atoms with Gasteiger partial charge in [-0.1, -0.05) is 0 Å². The van der Waals surface area contributed by atoms with Gasteiger partial charge >= 0.3 is 0 Å². The number of carbonyl (C=O) groups is 1. The maximum absolute atomic E-state index is 12.2. The van der Waals surface area contributed by atoms with E-state index in [2.05, 4.69) is 20.4 Å². The van der Waals surface area contributed by atoms with E-state index in [1.54, 1.807) is 24.5 Å². The Morgan fingerprint density at radius 2 is 1.95 bits per heavy atom. The van der Waals surface area contributed by atoms with Crippen LogP contribution in [0.25, 0.3) is 5.65 Å². The first kappa shape index (κ1) is 14.1. The van der Waals surface area contributed by atoms with E-state index >= 15 is 0 Å². The number of aromatic nitrogens is 4. The highest BCUT2D eigenvalue weighted by molar-refractivity contribution is 7.90. The van der Waals surface area contributed by atoms with Crippen molar-refractivity contribution in [1.29, 1.82) is 0 Å². The van der Waals surface area contributed by atoms with Crippen molar-refractivity contribution in [2.75, 3.05) is 11.6 Å². The van der Waals surface area contributed by atoms with E-state index in [9.17, 15) is 13.2 Å². The second-order valence-electron chi connectivity index (χ2n) is 4.54. The number of hydrogen-bond acceptors (Lipinski definition) is 6. The Hall–Kier alpha value is -2.81. The van der Waals surface area contributed by atoms with E-state index < -0.39 is 15.7 Å². The zero-order valence-electron chi connectivity index (χ0n) is 11.5. The summed E-state index contributed by atoms with van der Waals surface area (Å²) >= 11 is 0. The van der Waals surface area contributed by atoms with E-state index in [0.717, 1.165) is 6.26 Å². The van der Waals surface area contributed by atoms with Crippen LogP contribution in [0, 0.1) is 0 Å². The summed E-state index contributed by atoms with van der Waals surface area (Å²) in [5.74, 6) is 0.0303. The van der Waals surface area contributed by atoms with Gasteiger partial charge in [0, 0.05) is 24.7 Å². The van der Waals surface area contributed by atoms with Crippen molar-refractivity contribution in [1.82, 2.24) is 19.6 Å². The van der Waals surface area contributed by atoms with Crippen LogP contribution in [-0.4, -0.2) is 40.2 Å². The molecule has 3 aromatic heterocycles. The minimum Gasteiger partial charge on any atom is -0.306 e. The molecule has 9 heteroatoms. The highest BCUT2D eigenvalue weighted by Gasteiger charge is 2.12. The molecule has 1 amide bonds. The molecule has 0 aromatic carbocycles. The van der Waals surface area contributed by atoms with Crippen molar-refractivity contribution >= 4 is 27.2 Å². The monoisotopic (exact) mass is 317 g/mol. The van der Waals surface area contributed by atoms with Crippen LogP contribution in [0.4, 0.5) is 5.82 Å². The molecular formula is C13H11N5O3S. The largest absolute Gasteiger partial charge is 0.306 e. The minimum absolute atomic E-state index is 0.0811. The van der Waals surface area contributed by atoms with Gasteiger partial charge in [0.15, 0.2) is 20.5 Å². The normalized spacial score (nSPS) is 11.5. The van der Waals surface area contributed by atoms with Crippen molar-refractivity contribution in [3.8, 4) is 0 Å². The molecule has 0 aliphatic heterocycles. The lowest BCUT2D eigenvalue weighted by Crippen LogP contribution is -2.15. The number of hydrogen-bond donors (Lipinski definition) is 1. The number of anilines is 1. The van der Waals surface area contributed by atoms with Gasteiger partial charge in [0.1, 0.15) is 5.82 Å². The lowest BCUT2D eigenvalue weighted by molar-refractivity contribution is 0.102. The summed E-state index contributed by atoms with van der Waals surface area (Å²) in [5, 5.41) is 6.65. The van der Waals surface area contributed by atoms with Crippen LogP contribution in [0.15, 0.2) is 47.9 Å². The molecule has 0 saturated heterocycles. The SMILES string of the molecule is CS(=O)(=O)c1ccc(C(=O)Nc2ccnc3ccnn23)cn1. The molecule has 1 N–H and O–H groups in total. The maximum atomic E-state index is 12.2. The first-order valence-corrected chi connectivity index (χ1v) is 8.10. The maximum Gasteiger partial charge on any atom is 0.258 e. The fraction of sp³-hybridized carbons (Fsp3) is 0.0769. The van der Waals surface area contributed by atoms with Crippen molar-refractivity contribution in [3.63, 3.8) is 0 Å². The number of carbonyl (C=O) groups excluding carboxylic acids is 1. The molecule has 0 saturated carbocycles. The van der Waals surface area contributed by atoms with E-state index in [0.29, 0.717) is 11.5 Å². The zero-order valence-corrected chi connectivity index (χ0v) is 12.3. The lowest BCUT2D eigenvalue weighted by atomic mass is 10.3. The van der Waals surface area contributed by atoms with E-state index in [1.807, 2.05) is 0 Å². The summed E-state index contributed by atoms with van der Waals surface area (Å²) in [6.07, 6.45) is 5.39. The van der Waals surface area contributed by atoms with Gasteiger partial charge in [-0.05, 0) is 18.2 Å².